The topological polar surface area (TPSA) is 161 Å². The molecule has 1 heterocycles. The Kier molecular flexibility index (Phi) is 25.2. The summed E-state index contributed by atoms with van der Waals surface area (Å²) in [4.78, 5) is 31.3. The number of aromatic nitrogens is 1. The monoisotopic (exact) mass is 775 g/mol. The van der Waals surface area contributed by atoms with Gasteiger partial charge < -0.3 is 20.4 Å². The van der Waals surface area contributed by atoms with Gasteiger partial charge in [-0.3, -0.25) is 9.59 Å². The fourth-order valence-corrected chi connectivity index (χ4v) is 5.35. The molecule has 1 aromatic heterocycles. The molecule has 0 fully saturated rings. The lowest BCUT2D eigenvalue weighted by Crippen LogP contribution is -2.38. The minimum absolute atomic E-state index is 0.0634. The number of carbonyl (C=O) groups excluding carboxylic acids is 2. The third-order valence-corrected chi connectivity index (χ3v) is 9.01. The second kappa shape index (κ2) is 25.7. The highest BCUT2D eigenvalue weighted by molar-refractivity contribution is 7.89. The minimum Gasteiger partial charge on any atom is -0.363 e. The Labute approximate surface area is 314 Å². The summed E-state index contributed by atoms with van der Waals surface area (Å²) >= 11 is 0. The molecular formula is C36H66FN7O6S2. The van der Waals surface area contributed by atoms with Gasteiger partial charge in [0, 0.05) is 47.0 Å². The zero-order valence-corrected chi connectivity index (χ0v) is 35.5. The quantitative estimate of drug-likeness (QED) is 0.242. The Morgan fingerprint density at radius 2 is 1.23 bits per heavy atom. The van der Waals surface area contributed by atoms with E-state index in [0.29, 0.717) is 37.0 Å². The van der Waals surface area contributed by atoms with Crippen LogP contribution in [-0.2, 0) is 24.8 Å². The molecule has 0 atom stereocenters. The maximum atomic E-state index is 12.7. The molecule has 2 aromatic rings. The molecule has 0 unspecified atom stereocenters. The van der Waals surface area contributed by atoms with Crippen LogP contribution in [0.5, 0.6) is 0 Å². The average molecular weight is 776 g/mol. The van der Waals surface area contributed by atoms with E-state index in [-0.39, 0.29) is 23.3 Å². The number of carbonyl (C=O) groups is 2. The number of pyridine rings is 1. The first-order valence-electron chi connectivity index (χ1n) is 17.3. The number of halogens is 1. The number of anilines is 1. The lowest BCUT2D eigenvalue weighted by molar-refractivity contribution is -0.120. The molecule has 13 nitrogen and oxygen atoms in total. The van der Waals surface area contributed by atoms with Crippen LogP contribution in [-0.4, -0.2) is 117 Å². The Morgan fingerprint density at radius 1 is 0.731 bits per heavy atom. The van der Waals surface area contributed by atoms with Crippen LogP contribution in [0.4, 0.5) is 10.2 Å². The minimum atomic E-state index is -3.79. The molecular weight excluding hydrogens is 710 g/mol. The van der Waals surface area contributed by atoms with Crippen LogP contribution >= 0.6 is 0 Å². The normalized spacial score (nSPS) is 11.4. The summed E-state index contributed by atoms with van der Waals surface area (Å²) in [6.07, 6.45) is 2.82. The summed E-state index contributed by atoms with van der Waals surface area (Å²) in [5, 5.41) is 5.44. The Hall–Kier alpha value is -3.18. The number of sulfonamides is 2. The van der Waals surface area contributed by atoms with Crippen LogP contribution in [0.2, 0.25) is 0 Å². The number of hydrogen-bond acceptors (Lipinski definition) is 9. The van der Waals surface area contributed by atoms with Crippen molar-refractivity contribution in [3.63, 3.8) is 0 Å². The van der Waals surface area contributed by atoms with E-state index in [9.17, 15) is 30.8 Å². The third kappa shape index (κ3) is 26.6. The van der Waals surface area contributed by atoms with Crippen LogP contribution in [0, 0.1) is 29.5 Å². The van der Waals surface area contributed by atoms with Crippen LogP contribution in [0.1, 0.15) is 65.7 Å². The second-order valence-corrected chi connectivity index (χ2v) is 18.3. The van der Waals surface area contributed by atoms with Gasteiger partial charge >= 0.3 is 0 Å². The second-order valence-electron chi connectivity index (χ2n) is 14.5. The molecule has 0 aliphatic heterocycles. The Balaban J connectivity index is 0. The molecule has 1 aromatic carbocycles. The third-order valence-electron chi connectivity index (χ3n) is 6.31. The molecule has 0 saturated heterocycles. The lowest BCUT2D eigenvalue weighted by Gasteiger charge is -2.15. The van der Waals surface area contributed by atoms with E-state index in [4.69, 9.17) is 0 Å². The highest BCUT2D eigenvalue weighted by Gasteiger charge is 2.15. The Morgan fingerprint density at radius 3 is 1.58 bits per heavy atom. The van der Waals surface area contributed by atoms with Gasteiger partial charge in [-0.15, -0.1) is 0 Å². The number of hydrogen-bond donors (Lipinski definition) is 3. The first kappa shape index (κ1) is 50.9. The first-order chi connectivity index (χ1) is 23.8. The molecule has 2 amide bonds. The average Bonchev–Trinajstić information content (AvgIpc) is 3.01. The molecule has 0 aliphatic rings. The first-order valence-corrected chi connectivity index (χ1v) is 20.6. The summed E-state index contributed by atoms with van der Waals surface area (Å²) in [7, 11) is 2.87. The SMILES string of the molecule is CC(C)CN(C)C.CC(C)CN(C)S(C)(=O)=O.CC(C)CNC(=O)CNS(=O)(=O)c1ccc(F)cc1.CC(C)CNC(=O)c1ccc(N(C)C)nc1. The predicted molar refractivity (Wildman–Crippen MR) is 211 cm³/mol. The van der Waals surface area contributed by atoms with Crippen molar-refractivity contribution in [2.24, 2.45) is 23.7 Å². The molecule has 0 spiro atoms. The van der Waals surface area contributed by atoms with Gasteiger partial charge in [-0.1, -0.05) is 55.4 Å². The summed E-state index contributed by atoms with van der Waals surface area (Å²) in [6.45, 7) is 19.0. The lowest BCUT2D eigenvalue weighted by atomic mass is 10.2. The van der Waals surface area contributed by atoms with Crippen LogP contribution < -0.4 is 20.3 Å². The number of rotatable bonds is 15. The van der Waals surface area contributed by atoms with Crippen molar-refractivity contribution in [1.82, 2.24) is 29.5 Å². The number of benzene rings is 1. The molecule has 300 valence electrons. The molecule has 3 N–H and O–H groups in total. The van der Waals surface area contributed by atoms with Gasteiger partial charge in [0.25, 0.3) is 5.91 Å². The van der Waals surface area contributed by atoms with E-state index in [1.54, 1.807) is 19.3 Å². The van der Waals surface area contributed by atoms with E-state index in [2.05, 4.69) is 67.0 Å². The van der Waals surface area contributed by atoms with Crippen molar-refractivity contribution in [1.29, 1.82) is 0 Å². The molecule has 16 heteroatoms. The van der Waals surface area contributed by atoms with E-state index in [1.807, 2.05) is 52.8 Å². The van der Waals surface area contributed by atoms with Crippen molar-refractivity contribution < 1.29 is 30.8 Å². The highest BCUT2D eigenvalue weighted by atomic mass is 32.2. The zero-order chi connectivity index (χ0) is 40.8. The summed E-state index contributed by atoms with van der Waals surface area (Å²) < 4.78 is 61.3. The Bertz CT molecular complexity index is 1490. The fourth-order valence-electron chi connectivity index (χ4n) is 3.80. The summed E-state index contributed by atoms with van der Waals surface area (Å²) in [5.41, 5.74) is 0.603. The number of nitrogens with zero attached hydrogens (tertiary/aromatic N) is 4. The van der Waals surface area contributed by atoms with Gasteiger partial charge in [0.2, 0.25) is 26.0 Å². The molecule has 0 radical (unpaired) electrons. The largest absolute Gasteiger partial charge is 0.363 e. The number of amides is 2. The molecule has 0 aliphatic carbocycles. The standard InChI is InChI=1S/C12H17FN2O3S.C12H19N3O.C6H15NO2S.C6H15N/c1-9(2)7-14-12(16)8-15-19(17,18)11-5-3-10(13)4-6-11;1-9(2)7-14-12(16)10-5-6-11(13-8-10)15(3)4;1-6(2)5-7(3)10(4,8)9;1-6(2)5-7(3)4/h3-6,9,15H,7-8H2,1-2H3,(H,14,16);5-6,8-9H,7H2,1-4H3,(H,14,16);6H,5H2,1-4H3;6H,5H2,1-4H3. The van der Waals surface area contributed by atoms with E-state index < -0.39 is 31.8 Å². The molecule has 2 rings (SSSR count). The van der Waals surface area contributed by atoms with Crippen LogP contribution in [0.3, 0.4) is 0 Å². The maximum Gasteiger partial charge on any atom is 0.252 e. The van der Waals surface area contributed by atoms with Gasteiger partial charge in [-0.05, 0) is 80.7 Å². The highest BCUT2D eigenvalue weighted by Crippen LogP contribution is 2.09. The fraction of sp³-hybridized carbons (Fsp3) is 0.639. The van der Waals surface area contributed by atoms with Gasteiger partial charge in [-0.25, -0.2) is 35.2 Å². The molecule has 0 bridgehead atoms. The van der Waals surface area contributed by atoms with Gasteiger partial charge in [0.1, 0.15) is 11.6 Å². The van der Waals surface area contributed by atoms with E-state index in [0.717, 1.165) is 36.0 Å². The van der Waals surface area contributed by atoms with Gasteiger partial charge in [0.15, 0.2) is 0 Å². The van der Waals surface area contributed by atoms with Gasteiger partial charge in [-0.2, -0.15) is 0 Å². The molecule has 0 saturated carbocycles. The van der Waals surface area contributed by atoms with Crippen molar-refractivity contribution in [3.8, 4) is 0 Å². The predicted octanol–water partition coefficient (Wildman–Crippen LogP) is 4.15. The van der Waals surface area contributed by atoms with Crippen molar-refractivity contribution in [2.75, 3.05) is 79.1 Å². The summed E-state index contributed by atoms with van der Waals surface area (Å²) in [6, 6.07) is 8.01. The summed E-state index contributed by atoms with van der Waals surface area (Å²) in [5.74, 6) is 1.80. The van der Waals surface area contributed by atoms with Gasteiger partial charge in [0.05, 0.1) is 23.3 Å². The van der Waals surface area contributed by atoms with E-state index >= 15 is 0 Å². The maximum absolute atomic E-state index is 12.7. The van der Waals surface area contributed by atoms with Crippen LogP contribution in [0.15, 0.2) is 47.5 Å². The smallest absolute Gasteiger partial charge is 0.252 e. The van der Waals surface area contributed by atoms with Crippen molar-refractivity contribution >= 4 is 37.7 Å². The molecule has 52 heavy (non-hydrogen) atoms. The van der Waals surface area contributed by atoms with Crippen molar-refractivity contribution in [3.05, 3.63) is 54.0 Å². The number of nitrogens with one attached hydrogen (secondary N) is 3. The van der Waals surface area contributed by atoms with Crippen LogP contribution in [0.25, 0.3) is 0 Å². The van der Waals surface area contributed by atoms with E-state index in [1.165, 1.54) is 17.1 Å². The zero-order valence-electron chi connectivity index (χ0n) is 33.8. The van der Waals surface area contributed by atoms with Crippen molar-refractivity contribution in [2.45, 2.75) is 60.3 Å².